The highest BCUT2D eigenvalue weighted by molar-refractivity contribution is 6.70. The summed E-state index contributed by atoms with van der Waals surface area (Å²) in [6.45, 7) is 0. The molecular formula is C38H17B9N4. The summed E-state index contributed by atoms with van der Waals surface area (Å²) in [5, 5.41) is 15.7. The summed E-state index contributed by atoms with van der Waals surface area (Å²) in [6.07, 6.45) is 0. The normalized spacial score (nSPS) is 12.1. The standard InChI is InChI=1S/C38H17B9N4/c39-27-24(25-29(41)33(45)35(47)34(46)30(25)42)28(40)32(44)26(31(27)43)38(49)50-37(48)20-14-13-19-17-10-5-4-9-16(17)18-11-6-12-21-22(18)23(19)36(20)51(21)15-7-2-1-3-8-15/h1-14H,(H3,48,49,50). The van der Waals surface area contributed by atoms with Gasteiger partial charge in [-0.3, -0.25) is 5.41 Å². The number of hydrogen-bond donors (Lipinski definition) is 2. The minimum absolute atomic E-state index is 0.00157. The maximum atomic E-state index is 9.11. The number of para-hydroxylation sites is 1. The van der Waals surface area contributed by atoms with E-state index in [0.717, 1.165) is 49.0 Å². The zero-order valence-corrected chi connectivity index (χ0v) is 27.3. The Morgan fingerprint density at radius 2 is 1.00 bits per heavy atom. The third-order valence-corrected chi connectivity index (χ3v) is 9.81. The minimum Gasteiger partial charge on any atom is -0.383 e. The van der Waals surface area contributed by atoms with Crippen LogP contribution in [0.4, 0.5) is 0 Å². The summed E-state index contributed by atoms with van der Waals surface area (Å²) < 4.78 is 2.18. The summed E-state index contributed by atoms with van der Waals surface area (Å²) in [6, 6.07) is 28.6. The third-order valence-electron chi connectivity index (χ3n) is 9.81. The van der Waals surface area contributed by atoms with Gasteiger partial charge in [-0.2, -0.15) is 0 Å². The Labute approximate surface area is 307 Å². The molecule has 1 aromatic heterocycles. The molecule has 0 saturated heterocycles. The molecule has 0 saturated carbocycles. The fourth-order valence-electron chi connectivity index (χ4n) is 7.35. The van der Waals surface area contributed by atoms with Crippen LogP contribution in [0.15, 0.2) is 89.9 Å². The quantitative estimate of drug-likeness (QED) is 0.102. The zero-order valence-electron chi connectivity index (χ0n) is 27.3. The molecule has 0 aliphatic carbocycles. The number of aliphatic imine (C=N–C) groups is 1. The zero-order chi connectivity index (χ0) is 36.0. The Morgan fingerprint density at radius 1 is 0.510 bits per heavy atom. The number of rotatable bonds is 4. The van der Waals surface area contributed by atoms with Crippen LogP contribution in [-0.2, 0) is 0 Å². The van der Waals surface area contributed by atoms with Gasteiger partial charge in [0.05, 0.1) is 11.0 Å². The van der Waals surface area contributed by atoms with Crippen molar-refractivity contribution in [1.29, 1.82) is 5.41 Å². The minimum atomic E-state index is -0.359. The molecule has 8 aromatic rings. The van der Waals surface area contributed by atoms with E-state index in [2.05, 4.69) is 39.9 Å². The maximum absolute atomic E-state index is 9.11. The lowest BCUT2D eigenvalue weighted by Crippen LogP contribution is -2.57. The van der Waals surface area contributed by atoms with Gasteiger partial charge in [-0.25, -0.2) is 4.99 Å². The molecule has 0 aliphatic rings. The fourth-order valence-corrected chi connectivity index (χ4v) is 7.35. The van der Waals surface area contributed by atoms with Crippen molar-refractivity contribution in [2.45, 2.75) is 0 Å². The van der Waals surface area contributed by atoms with Gasteiger partial charge in [0.1, 0.15) is 76.5 Å². The Kier molecular flexibility index (Phi) is 7.75. The molecule has 0 amide bonds. The maximum Gasteiger partial charge on any atom is 0.152 e. The van der Waals surface area contributed by atoms with Crippen molar-refractivity contribution in [3.8, 4) is 16.8 Å². The predicted octanol–water partition coefficient (Wildman–Crippen LogP) is -1.93. The number of nitrogens with two attached hydrogens (primary N) is 1. The summed E-state index contributed by atoms with van der Waals surface area (Å²) in [7, 11) is 57.1. The lowest BCUT2D eigenvalue weighted by atomic mass is 9.56. The van der Waals surface area contributed by atoms with Gasteiger partial charge in [0.25, 0.3) is 0 Å². The summed E-state index contributed by atoms with van der Waals surface area (Å²) >= 11 is 0. The highest BCUT2D eigenvalue weighted by Gasteiger charge is 2.25. The predicted molar refractivity (Wildman–Crippen MR) is 225 cm³/mol. The second-order valence-electron chi connectivity index (χ2n) is 12.5. The number of nitrogens with one attached hydrogen (secondary N) is 1. The highest BCUT2D eigenvalue weighted by Crippen LogP contribution is 2.44. The van der Waals surface area contributed by atoms with Crippen molar-refractivity contribution < 1.29 is 0 Å². The monoisotopic (exact) mass is 628 g/mol. The second-order valence-corrected chi connectivity index (χ2v) is 12.5. The van der Waals surface area contributed by atoms with Gasteiger partial charge in [-0.05, 0) is 56.9 Å². The van der Waals surface area contributed by atoms with Crippen LogP contribution in [0.2, 0.25) is 0 Å². The van der Waals surface area contributed by atoms with Crippen molar-refractivity contribution in [1.82, 2.24) is 4.57 Å². The van der Waals surface area contributed by atoms with Crippen molar-refractivity contribution in [2.75, 3.05) is 0 Å². The van der Waals surface area contributed by atoms with Crippen LogP contribution in [0, 0.1) is 5.41 Å². The van der Waals surface area contributed by atoms with E-state index in [0.29, 0.717) is 5.56 Å². The molecular weight excluding hydrogens is 610 g/mol. The smallest absolute Gasteiger partial charge is 0.152 e. The molecule has 216 valence electrons. The van der Waals surface area contributed by atoms with Crippen LogP contribution in [0.1, 0.15) is 11.1 Å². The SMILES string of the molecule is [B]c1c([B])c([B])c(-c2c([B])c([B])c(C(=N)N=C(N)c3ccc4c5ccccc5c5cccc6c5c4c3n6-c3ccccc3)c([B])c2[B])c([B])c1[B]. The topological polar surface area (TPSA) is 67.2 Å². The van der Waals surface area contributed by atoms with Crippen molar-refractivity contribution in [2.24, 2.45) is 10.7 Å². The Bertz CT molecular complexity index is 2770. The van der Waals surface area contributed by atoms with Crippen molar-refractivity contribution >= 4 is 175 Å². The van der Waals surface area contributed by atoms with Gasteiger partial charge < -0.3 is 10.3 Å². The number of nitrogens with zero attached hydrogens (tertiary/aromatic N) is 2. The number of fused-ring (bicyclic) bond motifs is 3. The molecule has 8 rings (SSSR count). The molecule has 0 bridgehead atoms. The Morgan fingerprint density at radius 3 is 1.59 bits per heavy atom. The molecule has 13 heteroatoms. The van der Waals surface area contributed by atoms with E-state index in [1.54, 1.807) is 0 Å². The lowest BCUT2D eigenvalue weighted by molar-refractivity contribution is 1.18. The van der Waals surface area contributed by atoms with Crippen LogP contribution >= 0.6 is 0 Å². The molecule has 0 aliphatic heterocycles. The number of hydrogen-bond acceptors (Lipinski definition) is 1. The van der Waals surface area contributed by atoms with Gasteiger partial charge in [-0.1, -0.05) is 93.4 Å². The van der Waals surface area contributed by atoms with Crippen LogP contribution in [-0.4, -0.2) is 86.9 Å². The molecule has 7 aromatic carbocycles. The first-order valence-corrected chi connectivity index (χ1v) is 15.9. The van der Waals surface area contributed by atoms with E-state index < -0.39 is 0 Å². The molecule has 0 fully saturated rings. The van der Waals surface area contributed by atoms with Crippen LogP contribution in [0.25, 0.3) is 60.2 Å². The number of aromatic nitrogens is 1. The summed E-state index contributed by atoms with van der Waals surface area (Å²) in [4.78, 5) is 4.56. The highest BCUT2D eigenvalue weighted by atomic mass is 15.0. The molecule has 3 N–H and O–H groups in total. The average molecular weight is 627 g/mol. The fraction of sp³-hybridized carbons (Fsp3) is 0. The first-order valence-electron chi connectivity index (χ1n) is 15.9. The molecule has 1 heterocycles. The molecule has 51 heavy (non-hydrogen) atoms. The van der Waals surface area contributed by atoms with Gasteiger partial charge in [0.15, 0.2) is 5.84 Å². The molecule has 0 atom stereocenters. The second kappa shape index (κ2) is 12.0. The van der Waals surface area contributed by atoms with E-state index in [-0.39, 0.29) is 77.5 Å². The molecule has 0 unspecified atom stereocenters. The Hall–Kier alpha value is -5.16. The first-order chi connectivity index (χ1) is 24.4. The average Bonchev–Trinajstić information content (AvgIpc) is 3.49. The van der Waals surface area contributed by atoms with E-state index >= 15 is 0 Å². The van der Waals surface area contributed by atoms with Gasteiger partial charge in [0, 0.05) is 27.6 Å². The Balaban J connectivity index is 1.36. The van der Waals surface area contributed by atoms with E-state index in [9.17, 15) is 0 Å². The van der Waals surface area contributed by atoms with Crippen molar-refractivity contribution in [3.63, 3.8) is 0 Å². The molecule has 18 radical (unpaired) electrons. The number of benzene rings is 7. The van der Waals surface area contributed by atoms with Gasteiger partial charge in [-0.15, -0.1) is 16.4 Å². The van der Waals surface area contributed by atoms with E-state index in [4.69, 9.17) is 81.8 Å². The largest absolute Gasteiger partial charge is 0.383 e. The van der Waals surface area contributed by atoms with Gasteiger partial charge in [0.2, 0.25) is 0 Å². The van der Waals surface area contributed by atoms with E-state index in [1.165, 1.54) is 0 Å². The lowest BCUT2D eigenvalue weighted by Gasteiger charge is -2.28. The van der Waals surface area contributed by atoms with Crippen LogP contribution < -0.4 is 54.9 Å². The molecule has 0 spiro atoms. The van der Waals surface area contributed by atoms with Gasteiger partial charge >= 0.3 is 0 Å². The van der Waals surface area contributed by atoms with Crippen molar-refractivity contribution in [3.05, 3.63) is 96.1 Å². The third kappa shape index (κ3) is 4.66. The summed E-state index contributed by atoms with van der Waals surface area (Å²) in [5.41, 5.74) is 10.2. The van der Waals surface area contributed by atoms with Crippen LogP contribution in [0.3, 0.4) is 0 Å². The molecule has 4 nitrogen and oxygen atoms in total. The first kappa shape index (κ1) is 33.0. The number of amidine groups is 2. The van der Waals surface area contributed by atoms with E-state index in [1.807, 2.05) is 54.6 Å². The summed E-state index contributed by atoms with van der Waals surface area (Å²) in [5.74, 6) is -0.304. The van der Waals surface area contributed by atoms with Crippen LogP contribution in [0.5, 0.6) is 0 Å².